The van der Waals surface area contributed by atoms with Gasteiger partial charge in [0, 0.05) is 12.6 Å². The van der Waals surface area contributed by atoms with Crippen molar-refractivity contribution < 1.29 is 28.7 Å². The molecule has 1 N–H and O–H groups in total. The molecule has 0 aliphatic carbocycles. The van der Waals surface area contributed by atoms with Crippen molar-refractivity contribution in [1.82, 2.24) is 5.32 Å². The molecule has 154 valence electrons. The van der Waals surface area contributed by atoms with Crippen LogP contribution >= 0.6 is 0 Å². The number of nitrogens with one attached hydrogen (secondary N) is 1. The number of amides is 1. The number of nitro benzene ring substituents is 1. The summed E-state index contributed by atoms with van der Waals surface area (Å²) in [7, 11) is 1.35. The predicted molar refractivity (Wildman–Crippen MR) is 104 cm³/mol. The Labute approximate surface area is 167 Å². The van der Waals surface area contributed by atoms with Crippen LogP contribution in [-0.2, 0) is 16.0 Å². The SMILES string of the molecule is CCOc1cc([N+](=O)[O-])c(C(=O)OCC(=O)NCCc2ccccc2)cc1OC. The molecule has 0 aromatic heterocycles. The lowest BCUT2D eigenvalue weighted by Crippen LogP contribution is -2.30. The van der Waals surface area contributed by atoms with E-state index >= 15 is 0 Å². The molecule has 2 aromatic carbocycles. The number of hydrogen-bond donors (Lipinski definition) is 1. The first kappa shape index (κ1) is 21.7. The van der Waals surface area contributed by atoms with E-state index in [0.717, 1.165) is 11.6 Å². The van der Waals surface area contributed by atoms with Crippen molar-refractivity contribution in [2.24, 2.45) is 0 Å². The van der Waals surface area contributed by atoms with E-state index in [1.807, 2.05) is 30.3 Å². The molecule has 0 radical (unpaired) electrons. The molecule has 0 fully saturated rings. The van der Waals surface area contributed by atoms with Crippen LogP contribution in [0.1, 0.15) is 22.8 Å². The molecule has 9 heteroatoms. The van der Waals surface area contributed by atoms with E-state index < -0.39 is 29.1 Å². The van der Waals surface area contributed by atoms with Crippen LogP contribution in [0.2, 0.25) is 0 Å². The van der Waals surface area contributed by atoms with E-state index in [4.69, 9.17) is 14.2 Å². The lowest BCUT2D eigenvalue weighted by molar-refractivity contribution is -0.385. The first-order valence-corrected chi connectivity index (χ1v) is 8.93. The number of benzene rings is 2. The van der Waals surface area contributed by atoms with Crippen LogP contribution in [0.5, 0.6) is 11.5 Å². The summed E-state index contributed by atoms with van der Waals surface area (Å²) in [5.74, 6) is -1.22. The van der Waals surface area contributed by atoms with E-state index in [1.165, 1.54) is 13.2 Å². The molecule has 0 saturated carbocycles. The van der Waals surface area contributed by atoms with Gasteiger partial charge in [0.05, 0.1) is 24.7 Å². The van der Waals surface area contributed by atoms with Crippen LogP contribution in [0.15, 0.2) is 42.5 Å². The molecule has 0 spiro atoms. The van der Waals surface area contributed by atoms with E-state index in [1.54, 1.807) is 6.92 Å². The van der Waals surface area contributed by atoms with Crippen LogP contribution in [0, 0.1) is 10.1 Å². The molecular weight excluding hydrogens is 380 g/mol. The van der Waals surface area contributed by atoms with Crippen molar-refractivity contribution in [3.05, 3.63) is 63.7 Å². The fourth-order valence-corrected chi connectivity index (χ4v) is 2.54. The highest BCUT2D eigenvalue weighted by Gasteiger charge is 2.26. The minimum absolute atomic E-state index is 0.136. The largest absolute Gasteiger partial charge is 0.493 e. The van der Waals surface area contributed by atoms with E-state index in [9.17, 15) is 19.7 Å². The normalized spacial score (nSPS) is 10.1. The number of methoxy groups -OCH3 is 1. The second-order valence-corrected chi connectivity index (χ2v) is 5.87. The quantitative estimate of drug-likeness (QED) is 0.369. The Kier molecular flexibility index (Phi) is 7.96. The van der Waals surface area contributed by atoms with Gasteiger partial charge in [-0.1, -0.05) is 30.3 Å². The highest BCUT2D eigenvalue weighted by atomic mass is 16.6. The van der Waals surface area contributed by atoms with Gasteiger partial charge in [0.25, 0.3) is 11.6 Å². The van der Waals surface area contributed by atoms with Gasteiger partial charge in [-0.3, -0.25) is 14.9 Å². The second kappa shape index (κ2) is 10.6. The summed E-state index contributed by atoms with van der Waals surface area (Å²) >= 11 is 0. The molecule has 0 aliphatic heterocycles. The average Bonchev–Trinajstić information content (AvgIpc) is 2.72. The Bertz CT molecular complexity index is 869. The van der Waals surface area contributed by atoms with Gasteiger partial charge in [-0.2, -0.15) is 0 Å². The van der Waals surface area contributed by atoms with Gasteiger partial charge in [0.2, 0.25) is 0 Å². The van der Waals surface area contributed by atoms with Crippen molar-refractivity contribution in [1.29, 1.82) is 0 Å². The molecule has 0 bridgehead atoms. The smallest absolute Gasteiger partial charge is 0.345 e. The van der Waals surface area contributed by atoms with Gasteiger partial charge in [-0.25, -0.2) is 4.79 Å². The Morgan fingerprint density at radius 1 is 1.14 bits per heavy atom. The molecule has 0 heterocycles. The lowest BCUT2D eigenvalue weighted by Gasteiger charge is -2.11. The van der Waals surface area contributed by atoms with Gasteiger partial charge in [-0.05, 0) is 18.9 Å². The zero-order chi connectivity index (χ0) is 21.2. The van der Waals surface area contributed by atoms with E-state index in [2.05, 4.69) is 5.32 Å². The molecular formula is C20H22N2O7. The van der Waals surface area contributed by atoms with Crippen molar-refractivity contribution >= 4 is 17.6 Å². The number of esters is 1. The van der Waals surface area contributed by atoms with Gasteiger partial charge >= 0.3 is 5.97 Å². The molecule has 0 aliphatic rings. The monoisotopic (exact) mass is 402 g/mol. The van der Waals surface area contributed by atoms with Gasteiger partial charge in [0.15, 0.2) is 18.1 Å². The number of rotatable bonds is 10. The third-order valence-corrected chi connectivity index (χ3v) is 3.91. The molecule has 1 amide bonds. The van der Waals surface area contributed by atoms with Crippen LogP contribution < -0.4 is 14.8 Å². The Hall–Kier alpha value is -3.62. The third-order valence-electron chi connectivity index (χ3n) is 3.91. The summed E-state index contributed by atoms with van der Waals surface area (Å²) < 4.78 is 15.3. The van der Waals surface area contributed by atoms with Crippen molar-refractivity contribution in [2.45, 2.75) is 13.3 Å². The van der Waals surface area contributed by atoms with Crippen LogP contribution in [0.3, 0.4) is 0 Å². The summed E-state index contributed by atoms with van der Waals surface area (Å²) in [6, 6.07) is 11.8. The Morgan fingerprint density at radius 3 is 2.48 bits per heavy atom. The average molecular weight is 402 g/mol. The first-order valence-electron chi connectivity index (χ1n) is 8.93. The minimum Gasteiger partial charge on any atom is -0.493 e. The molecule has 2 rings (SSSR count). The molecule has 29 heavy (non-hydrogen) atoms. The van der Waals surface area contributed by atoms with Gasteiger partial charge in [0.1, 0.15) is 5.56 Å². The summed E-state index contributed by atoms with van der Waals surface area (Å²) in [4.78, 5) is 34.8. The molecule has 0 atom stereocenters. The van der Waals surface area contributed by atoms with Crippen molar-refractivity contribution in [3.8, 4) is 11.5 Å². The number of nitro groups is 1. The third kappa shape index (κ3) is 6.20. The number of hydrogen-bond acceptors (Lipinski definition) is 7. The summed E-state index contributed by atoms with van der Waals surface area (Å²) in [6.45, 7) is 1.79. The van der Waals surface area contributed by atoms with Gasteiger partial charge in [-0.15, -0.1) is 0 Å². The lowest BCUT2D eigenvalue weighted by atomic mass is 10.1. The number of nitrogens with zero attached hydrogens (tertiary/aromatic N) is 1. The summed E-state index contributed by atoms with van der Waals surface area (Å²) in [5.41, 5.74) is 0.234. The number of carbonyl (C=O) groups is 2. The van der Waals surface area contributed by atoms with E-state index in [0.29, 0.717) is 13.0 Å². The highest BCUT2D eigenvalue weighted by Crippen LogP contribution is 2.35. The van der Waals surface area contributed by atoms with Crippen molar-refractivity contribution in [3.63, 3.8) is 0 Å². The summed E-state index contributed by atoms with van der Waals surface area (Å²) in [6.07, 6.45) is 0.627. The molecule has 9 nitrogen and oxygen atoms in total. The second-order valence-electron chi connectivity index (χ2n) is 5.87. The summed E-state index contributed by atoms with van der Waals surface area (Å²) in [5, 5.41) is 13.9. The Morgan fingerprint density at radius 2 is 1.86 bits per heavy atom. The molecule has 0 unspecified atom stereocenters. The predicted octanol–water partition coefficient (Wildman–Crippen LogP) is 2.52. The minimum atomic E-state index is -1.00. The number of ether oxygens (including phenoxy) is 3. The van der Waals surface area contributed by atoms with Crippen LogP contribution in [-0.4, -0.2) is 43.7 Å². The fourth-order valence-electron chi connectivity index (χ4n) is 2.54. The van der Waals surface area contributed by atoms with Crippen molar-refractivity contribution in [2.75, 3.05) is 26.9 Å². The maximum atomic E-state index is 12.3. The van der Waals surface area contributed by atoms with Crippen LogP contribution in [0.25, 0.3) is 0 Å². The molecule has 0 saturated heterocycles. The topological polar surface area (TPSA) is 117 Å². The highest BCUT2D eigenvalue weighted by molar-refractivity contribution is 5.96. The van der Waals surface area contributed by atoms with E-state index in [-0.39, 0.29) is 23.7 Å². The first-order chi connectivity index (χ1) is 14.0. The van der Waals surface area contributed by atoms with Gasteiger partial charge < -0.3 is 19.5 Å². The molecule has 2 aromatic rings. The maximum absolute atomic E-state index is 12.3. The zero-order valence-corrected chi connectivity index (χ0v) is 16.2. The standard InChI is InChI=1S/C20H22N2O7/c1-3-28-18-12-16(22(25)26)15(11-17(18)27-2)20(24)29-13-19(23)21-10-9-14-7-5-4-6-8-14/h4-8,11-12H,3,9-10,13H2,1-2H3,(H,21,23). The fraction of sp³-hybridized carbons (Fsp3) is 0.300. The Balaban J connectivity index is 1.98. The maximum Gasteiger partial charge on any atom is 0.345 e. The number of carbonyl (C=O) groups excluding carboxylic acids is 2. The zero-order valence-electron chi connectivity index (χ0n) is 16.2. The van der Waals surface area contributed by atoms with Crippen LogP contribution in [0.4, 0.5) is 5.69 Å².